The molecule has 0 saturated carbocycles. The highest BCUT2D eigenvalue weighted by atomic mass is 16.7. The van der Waals surface area contributed by atoms with Gasteiger partial charge in [0.15, 0.2) is 11.5 Å². The van der Waals surface area contributed by atoms with Crippen LogP contribution in [0.5, 0.6) is 11.5 Å². The van der Waals surface area contributed by atoms with Crippen molar-refractivity contribution < 1.29 is 19.4 Å². The number of ether oxygens (including phenoxy) is 2. The van der Waals surface area contributed by atoms with E-state index in [4.69, 9.17) is 14.6 Å². The second-order valence-electron chi connectivity index (χ2n) is 5.04. The number of anilines is 1. The van der Waals surface area contributed by atoms with Crippen molar-refractivity contribution in [2.75, 3.05) is 24.8 Å². The van der Waals surface area contributed by atoms with Crippen LogP contribution < -0.4 is 14.4 Å². The van der Waals surface area contributed by atoms with Crippen molar-refractivity contribution >= 4 is 11.7 Å². The molecule has 5 nitrogen and oxygen atoms in total. The summed E-state index contributed by atoms with van der Waals surface area (Å²) in [5.41, 5.74) is 0.854. The molecule has 0 amide bonds. The lowest BCUT2D eigenvalue weighted by Crippen LogP contribution is -2.31. The monoisotopic (exact) mass is 265 g/mol. The Bertz CT molecular complexity index is 459. The zero-order chi connectivity index (χ0) is 13.8. The van der Waals surface area contributed by atoms with E-state index in [-0.39, 0.29) is 13.3 Å². The van der Waals surface area contributed by atoms with Gasteiger partial charge < -0.3 is 19.5 Å². The third kappa shape index (κ3) is 3.53. The number of hydrogen-bond donors (Lipinski definition) is 1. The van der Waals surface area contributed by atoms with Crippen LogP contribution in [0.4, 0.5) is 5.69 Å². The van der Waals surface area contributed by atoms with Crippen molar-refractivity contribution in [2.24, 2.45) is 5.92 Å². The summed E-state index contributed by atoms with van der Waals surface area (Å²) in [5.74, 6) is 1.09. The molecule has 0 saturated heterocycles. The fourth-order valence-electron chi connectivity index (χ4n) is 1.96. The van der Waals surface area contributed by atoms with Gasteiger partial charge in [0.2, 0.25) is 6.79 Å². The van der Waals surface area contributed by atoms with Crippen molar-refractivity contribution in [3.63, 3.8) is 0 Å². The number of carbonyl (C=O) groups is 1. The van der Waals surface area contributed by atoms with Gasteiger partial charge in [-0.3, -0.25) is 4.79 Å². The van der Waals surface area contributed by atoms with E-state index in [1.807, 2.05) is 23.1 Å². The highest BCUT2D eigenvalue weighted by molar-refractivity contribution is 5.74. The SMILES string of the molecule is CC(C)CCN(CC(=O)O)c1ccc2c(c1)OCO2. The minimum atomic E-state index is -0.832. The third-order valence-corrected chi connectivity index (χ3v) is 3.02. The van der Waals surface area contributed by atoms with Gasteiger partial charge >= 0.3 is 5.97 Å². The number of nitrogens with zero attached hydrogens (tertiary/aromatic N) is 1. The molecule has 2 rings (SSSR count). The lowest BCUT2D eigenvalue weighted by molar-refractivity contribution is -0.135. The summed E-state index contributed by atoms with van der Waals surface area (Å²) < 4.78 is 10.6. The Kier molecular flexibility index (Phi) is 4.14. The van der Waals surface area contributed by atoms with Gasteiger partial charge in [0.05, 0.1) is 0 Å². The van der Waals surface area contributed by atoms with Crippen molar-refractivity contribution in [2.45, 2.75) is 20.3 Å². The van der Waals surface area contributed by atoms with Gasteiger partial charge in [-0.25, -0.2) is 0 Å². The highest BCUT2D eigenvalue weighted by Gasteiger charge is 2.17. The number of carboxylic acid groups (broad SMARTS) is 1. The fourth-order valence-corrected chi connectivity index (χ4v) is 1.96. The van der Waals surface area contributed by atoms with Crippen LogP contribution in [0, 0.1) is 5.92 Å². The van der Waals surface area contributed by atoms with E-state index in [2.05, 4.69) is 13.8 Å². The lowest BCUT2D eigenvalue weighted by Gasteiger charge is -2.24. The molecule has 0 aliphatic carbocycles. The van der Waals surface area contributed by atoms with Crippen LogP contribution in [-0.4, -0.2) is 31.0 Å². The van der Waals surface area contributed by atoms with E-state index < -0.39 is 5.97 Å². The summed E-state index contributed by atoms with van der Waals surface area (Å²) in [4.78, 5) is 12.8. The molecule has 0 aromatic heterocycles. The van der Waals surface area contributed by atoms with Crippen molar-refractivity contribution in [1.29, 1.82) is 0 Å². The number of rotatable bonds is 6. The van der Waals surface area contributed by atoms with Crippen LogP contribution in [-0.2, 0) is 4.79 Å². The van der Waals surface area contributed by atoms with Gasteiger partial charge in [-0.1, -0.05) is 13.8 Å². The normalized spacial score (nSPS) is 12.8. The summed E-state index contributed by atoms with van der Waals surface area (Å²) in [7, 11) is 0. The molecule has 5 heteroatoms. The second-order valence-corrected chi connectivity index (χ2v) is 5.04. The number of fused-ring (bicyclic) bond motifs is 1. The average molecular weight is 265 g/mol. The first-order chi connectivity index (χ1) is 9.06. The minimum absolute atomic E-state index is 0.00758. The number of aliphatic carboxylic acids is 1. The molecule has 0 unspecified atom stereocenters. The van der Waals surface area contributed by atoms with Crippen LogP contribution in [0.2, 0.25) is 0 Å². The largest absolute Gasteiger partial charge is 0.480 e. The zero-order valence-electron chi connectivity index (χ0n) is 11.3. The molecule has 104 valence electrons. The molecule has 0 radical (unpaired) electrons. The van der Waals surface area contributed by atoms with Crippen LogP contribution >= 0.6 is 0 Å². The quantitative estimate of drug-likeness (QED) is 0.855. The van der Waals surface area contributed by atoms with Gasteiger partial charge in [-0.2, -0.15) is 0 Å². The van der Waals surface area contributed by atoms with E-state index in [0.29, 0.717) is 24.0 Å². The number of benzene rings is 1. The number of carboxylic acids is 1. The lowest BCUT2D eigenvalue weighted by atomic mass is 10.1. The maximum atomic E-state index is 11.0. The molecule has 19 heavy (non-hydrogen) atoms. The van der Waals surface area contributed by atoms with Gasteiger partial charge in [0.25, 0.3) is 0 Å². The molecule has 1 aromatic rings. The smallest absolute Gasteiger partial charge is 0.323 e. The Morgan fingerprint density at radius 2 is 2.11 bits per heavy atom. The summed E-state index contributed by atoms with van der Waals surface area (Å²) in [5, 5.41) is 9.01. The maximum Gasteiger partial charge on any atom is 0.323 e. The second kappa shape index (κ2) is 5.82. The Hall–Kier alpha value is -1.91. The molecule has 0 atom stereocenters. The van der Waals surface area contributed by atoms with Gasteiger partial charge in [-0.05, 0) is 24.5 Å². The Labute approximate surface area is 112 Å². The van der Waals surface area contributed by atoms with E-state index in [1.165, 1.54) is 0 Å². The fraction of sp³-hybridized carbons (Fsp3) is 0.500. The third-order valence-electron chi connectivity index (χ3n) is 3.02. The first-order valence-electron chi connectivity index (χ1n) is 6.42. The summed E-state index contributed by atoms with van der Waals surface area (Å²) in [6.07, 6.45) is 0.946. The summed E-state index contributed by atoms with van der Waals surface area (Å²) in [6, 6.07) is 5.53. The molecule has 1 aliphatic rings. The summed E-state index contributed by atoms with van der Waals surface area (Å²) >= 11 is 0. The Morgan fingerprint density at radius 1 is 1.37 bits per heavy atom. The highest BCUT2D eigenvalue weighted by Crippen LogP contribution is 2.35. The van der Waals surface area contributed by atoms with Crippen LogP contribution in [0.15, 0.2) is 18.2 Å². The van der Waals surface area contributed by atoms with Crippen LogP contribution in [0.25, 0.3) is 0 Å². The molecular formula is C14H19NO4. The predicted octanol–water partition coefficient (Wildman–Crippen LogP) is 2.35. The molecule has 0 spiro atoms. The predicted molar refractivity (Wildman–Crippen MR) is 71.9 cm³/mol. The maximum absolute atomic E-state index is 11.0. The van der Waals surface area contributed by atoms with Gasteiger partial charge in [-0.15, -0.1) is 0 Å². The van der Waals surface area contributed by atoms with Gasteiger partial charge in [0, 0.05) is 18.3 Å². The molecule has 0 fully saturated rings. The minimum Gasteiger partial charge on any atom is -0.480 e. The molecule has 1 aliphatic heterocycles. The van der Waals surface area contributed by atoms with Crippen molar-refractivity contribution in [3.05, 3.63) is 18.2 Å². The van der Waals surface area contributed by atoms with Crippen LogP contribution in [0.1, 0.15) is 20.3 Å². The van der Waals surface area contributed by atoms with E-state index in [0.717, 1.165) is 12.1 Å². The van der Waals surface area contributed by atoms with Crippen LogP contribution in [0.3, 0.4) is 0 Å². The molecule has 1 N–H and O–H groups in total. The van der Waals surface area contributed by atoms with Crippen molar-refractivity contribution in [1.82, 2.24) is 0 Å². The van der Waals surface area contributed by atoms with E-state index in [1.54, 1.807) is 0 Å². The topological polar surface area (TPSA) is 59.0 Å². The first-order valence-corrected chi connectivity index (χ1v) is 6.42. The van der Waals surface area contributed by atoms with Crippen molar-refractivity contribution in [3.8, 4) is 11.5 Å². The zero-order valence-corrected chi connectivity index (χ0v) is 11.3. The Morgan fingerprint density at radius 3 is 2.79 bits per heavy atom. The summed E-state index contributed by atoms with van der Waals surface area (Å²) in [6.45, 7) is 5.18. The average Bonchev–Trinajstić information content (AvgIpc) is 2.80. The van der Waals surface area contributed by atoms with E-state index in [9.17, 15) is 4.79 Å². The Balaban J connectivity index is 2.14. The molecule has 0 bridgehead atoms. The number of hydrogen-bond acceptors (Lipinski definition) is 4. The molecule has 1 heterocycles. The molecule has 1 aromatic carbocycles. The van der Waals surface area contributed by atoms with Gasteiger partial charge in [0.1, 0.15) is 6.54 Å². The first kappa shape index (κ1) is 13.5. The van der Waals surface area contributed by atoms with E-state index >= 15 is 0 Å². The standard InChI is InChI=1S/C14H19NO4/c1-10(2)5-6-15(8-14(16)17)11-3-4-12-13(7-11)19-9-18-12/h3-4,7,10H,5-6,8-9H2,1-2H3,(H,16,17). The molecular weight excluding hydrogens is 246 g/mol.